The minimum atomic E-state index is 0.0663. The van der Waals surface area contributed by atoms with E-state index in [2.05, 4.69) is 17.4 Å². The first kappa shape index (κ1) is 12.4. The summed E-state index contributed by atoms with van der Waals surface area (Å²) in [7, 11) is 0. The van der Waals surface area contributed by atoms with Gasteiger partial charge >= 0.3 is 0 Å². The highest BCUT2D eigenvalue weighted by molar-refractivity contribution is 5.27. The molecule has 1 heterocycles. The van der Waals surface area contributed by atoms with E-state index in [0.29, 0.717) is 6.61 Å². The van der Waals surface area contributed by atoms with Gasteiger partial charge in [-0.25, -0.2) is 0 Å². The molecule has 0 amide bonds. The van der Waals surface area contributed by atoms with Crippen molar-refractivity contribution in [3.8, 4) is 5.75 Å². The van der Waals surface area contributed by atoms with Gasteiger partial charge in [-0.1, -0.05) is 12.1 Å². The molecule has 17 heavy (non-hydrogen) atoms. The van der Waals surface area contributed by atoms with Crippen LogP contribution < -0.4 is 10.1 Å². The summed E-state index contributed by atoms with van der Waals surface area (Å²) in [6.45, 7) is 2.75. The van der Waals surface area contributed by atoms with Crippen LogP contribution in [0, 0.1) is 5.92 Å². The summed E-state index contributed by atoms with van der Waals surface area (Å²) in [6, 6.07) is 8.25. The largest absolute Gasteiger partial charge is 0.491 e. The Labute approximate surface area is 103 Å². The van der Waals surface area contributed by atoms with Crippen molar-refractivity contribution in [1.82, 2.24) is 5.32 Å². The lowest BCUT2D eigenvalue weighted by atomic mass is 9.91. The second-order valence-electron chi connectivity index (χ2n) is 4.61. The zero-order valence-corrected chi connectivity index (χ0v) is 10.2. The summed E-state index contributed by atoms with van der Waals surface area (Å²) >= 11 is 0. The van der Waals surface area contributed by atoms with E-state index in [-0.39, 0.29) is 6.61 Å². The number of hydrogen-bond acceptors (Lipinski definition) is 3. The standard InChI is InChI=1S/C14H21NO2/c16-9-10-17-14-3-1-12(2-4-14)11-13-5-7-15-8-6-13/h1-4,13,15-16H,5-11H2. The van der Waals surface area contributed by atoms with Gasteiger partial charge in [0, 0.05) is 0 Å². The van der Waals surface area contributed by atoms with E-state index < -0.39 is 0 Å². The third kappa shape index (κ3) is 4.02. The fraction of sp³-hybridized carbons (Fsp3) is 0.571. The van der Waals surface area contributed by atoms with Gasteiger partial charge in [-0.05, 0) is 56.0 Å². The molecule has 94 valence electrons. The average molecular weight is 235 g/mol. The summed E-state index contributed by atoms with van der Waals surface area (Å²) in [4.78, 5) is 0. The van der Waals surface area contributed by atoms with E-state index in [9.17, 15) is 0 Å². The van der Waals surface area contributed by atoms with Crippen LogP contribution in [0.25, 0.3) is 0 Å². The summed E-state index contributed by atoms with van der Waals surface area (Å²) in [6.07, 6.45) is 3.73. The second-order valence-corrected chi connectivity index (χ2v) is 4.61. The molecule has 1 fully saturated rings. The topological polar surface area (TPSA) is 41.5 Å². The normalized spacial score (nSPS) is 17.0. The second kappa shape index (κ2) is 6.62. The molecule has 2 rings (SSSR count). The van der Waals surface area contributed by atoms with Crippen LogP contribution in [0.4, 0.5) is 0 Å². The van der Waals surface area contributed by atoms with Crippen LogP contribution in [0.15, 0.2) is 24.3 Å². The molecular formula is C14H21NO2. The number of benzene rings is 1. The van der Waals surface area contributed by atoms with Gasteiger partial charge in [0.25, 0.3) is 0 Å². The first-order valence-corrected chi connectivity index (χ1v) is 6.42. The van der Waals surface area contributed by atoms with Crippen molar-refractivity contribution in [3.05, 3.63) is 29.8 Å². The highest BCUT2D eigenvalue weighted by atomic mass is 16.5. The van der Waals surface area contributed by atoms with E-state index in [1.807, 2.05) is 12.1 Å². The maximum Gasteiger partial charge on any atom is 0.119 e. The Morgan fingerprint density at radius 1 is 1.18 bits per heavy atom. The molecule has 1 aliphatic rings. The van der Waals surface area contributed by atoms with E-state index >= 15 is 0 Å². The molecular weight excluding hydrogens is 214 g/mol. The Kier molecular flexibility index (Phi) is 4.83. The zero-order valence-electron chi connectivity index (χ0n) is 10.2. The van der Waals surface area contributed by atoms with Crippen molar-refractivity contribution in [1.29, 1.82) is 0 Å². The minimum Gasteiger partial charge on any atom is -0.491 e. The van der Waals surface area contributed by atoms with Crippen molar-refractivity contribution in [3.63, 3.8) is 0 Å². The van der Waals surface area contributed by atoms with Gasteiger partial charge in [0.05, 0.1) is 6.61 Å². The monoisotopic (exact) mass is 235 g/mol. The number of rotatable bonds is 5. The lowest BCUT2D eigenvalue weighted by Gasteiger charge is -2.22. The Balaban J connectivity index is 1.84. The van der Waals surface area contributed by atoms with Crippen molar-refractivity contribution in [2.75, 3.05) is 26.3 Å². The average Bonchev–Trinajstić information content (AvgIpc) is 2.39. The Hall–Kier alpha value is -1.06. The van der Waals surface area contributed by atoms with Gasteiger partial charge in [-0.2, -0.15) is 0 Å². The number of aliphatic hydroxyl groups is 1. The maximum absolute atomic E-state index is 8.67. The molecule has 3 heteroatoms. The van der Waals surface area contributed by atoms with Gasteiger partial charge in [-0.3, -0.25) is 0 Å². The van der Waals surface area contributed by atoms with Gasteiger partial charge in [0.2, 0.25) is 0 Å². The van der Waals surface area contributed by atoms with Crippen LogP contribution in [0.1, 0.15) is 18.4 Å². The molecule has 0 atom stereocenters. The minimum absolute atomic E-state index is 0.0663. The van der Waals surface area contributed by atoms with Crippen molar-refractivity contribution in [2.45, 2.75) is 19.3 Å². The molecule has 2 N–H and O–H groups in total. The molecule has 0 saturated carbocycles. The lowest BCUT2D eigenvalue weighted by molar-refractivity contribution is 0.201. The van der Waals surface area contributed by atoms with Gasteiger partial charge < -0.3 is 15.2 Å². The lowest BCUT2D eigenvalue weighted by Crippen LogP contribution is -2.28. The molecule has 1 saturated heterocycles. The molecule has 1 aromatic rings. The summed E-state index contributed by atoms with van der Waals surface area (Å²) in [5.74, 6) is 1.66. The zero-order chi connectivity index (χ0) is 11.9. The first-order valence-electron chi connectivity index (χ1n) is 6.42. The number of piperidine rings is 1. The van der Waals surface area contributed by atoms with Crippen LogP contribution in [-0.2, 0) is 6.42 Å². The third-order valence-electron chi connectivity index (χ3n) is 3.27. The molecule has 0 spiro atoms. The predicted molar refractivity (Wildman–Crippen MR) is 68.3 cm³/mol. The van der Waals surface area contributed by atoms with Crippen LogP contribution >= 0.6 is 0 Å². The van der Waals surface area contributed by atoms with Crippen LogP contribution in [-0.4, -0.2) is 31.4 Å². The van der Waals surface area contributed by atoms with Crippen molar-refractivity contribution in [2.24, 2.45) is 5.92 Å². The number of ether oxygens (including phenoxy) is 1. The van der Waals surface area contributed by atoms with Gasteiger partial charge in [0.15, 0.2) is 0 Å². The van der Waals surface area contributed by atoms with Crippen molar-refractivity contribution >= 4 is 0 Å². The summed E-state index contributed by atoms with van der Waals surface area (Å²) in [5, 5.41) is 12.1. The Morgan fingerprint density at radius 2 is 1.88 bits per heavy atom. The van der Waals surface area contributed by atoms with E-state index in [1.54, 1.807) is 0 Å². The molecule has 0 radical (unpaired) electrons. The van der Waals surface area contributed by atoms with Crippen LogP contribution in [0.3, 0.4) is 0 Å². The van der Waals surface area contributed by atoms with E-state index in [1.165, 1.54) is 24.8 Å². The van der Waals surface area contributed by atoms with Crippen LogP contribution in [0.5, 0.6) is 5.75 Å². The van der Waals surface area contributed by atoms with Gasteiger partial charge in [-0.15, -0.1) is 0 Å². The maximum atomic E-state index is 8.67. The fourth-order valence-electron chi connectivity index (χ4n) is 2.30. The van der Waals surface area contributed by atoms with Gasteiger partial charge in [0.1, 0.15) is 12.4 Å². The predicted octanol–water partition coefficient (Wildman–Crippen LogP) is 1.60. The molecule has 0 aliphatic carbocycles. The summed E-state index contributed by atoms with van der Waals surface area (Å²) in [5.41, 5.74) is 1.38. The third-order valence-corrected chi connectivity index (χ3v) is 3.27. The van der Waals surface area contributed by atoms with Crippen LogP contribution in [0.2, 0.25) is 0 Å². The smallest absolute Gasteiger partial charge is 0.119 e. The highest BCUT2D eigenvalue weighted by Crippen LogP contribution is 2.20. The summed E-state index contributed by atoms with van der Waals surface area (Å²) < 4.78 is 5.34. The Bertz CT molecular complexity index is 317. The molecule has 0 bridgehead atoms. The molecule has 1 aliphatic heterocycles. The number of hydrogen-bond donors (Lipinski definition) is 2. The van der Waals surface area contributed by atoms with E-state index in [0.717, 1.165) is 24.8 Å². The molecule has 1 aromatic carbocycles. The fourth-order valence-corrected chi connectivity index (χ4v) is 2.30. The molecule has 3 nitrogen and oxygen atoms in total. The SMILES string of the molecule is OCCOc1ccc(CC2CCNCC2)cc1. The molecule has 0 unspecified atom stereocenters. The number of nitrogens with one attached hydrogen (secondary N) is 1. The van der Waals surface area contributed by atoms with Crippen molar-refractivity contribution < 1.29 is 9.84 Å². The van der Waals surface area contributed by atoms with E-state index in [4.69, 9.17) is 9.84 Å². The quantitative estimate of drug-likeness (QED) is 0.814. The molecule has 0 aromatic heterocycles. The highest BCUT2D eigenvalue weighted by Gasteiger charge is 2.13. The Morgan fingerprint density at radius 3 is 2.53 bits per heavy atom. The first-order chi connectivity index (χ1) is 8.38. The number of aliphatic hydroxyl groups excluding tert-OH is 1.